The lowest BCUT2D eigenvalue weighted by Gasteiger charge is -2.12. The zero-order valence-electron chi connectivity index (χ0n) is 12.4. The molecule has 0 aliphatic rings. The average molecular weight is 393 g/mol. The molecule has 0 saturated heterocycles. The van der Waals surface area contributed by atoms with E-state index >= 15 is 0 Å². The van der Waals surface area contributed by atoms with Gasteiger partial charge in [-0.15, -0.1) is 11.3 Å². The van der Waals surface area contributed by atoms with E-state index < -0.39 is 12.0 Å². The Kier molecular flexibility index (Phi) is 4.32. The number of methoxy groups -OCH3 is 1. The third-order valence-electron chi connectivity index (χ3n) is 3.63. The molecule has 3 rings (SSSR count). The first-order valence-electron chi connectivity index (χ1n) is 6.85. The van der Waals surface area contributed by atoms with Gasteiger partial charge in [-0.3, -0.25) is 9.36 Å². The summed E-state index contributed by atoms with van der Waals surface area (Å²) in [5.74, 6) is -0.478. The fourth-order valence-corrected chi connectivity index (χ4v) is 3.52. The molecule has 0 aliphatic carbocycles. The first-order valence-corrected chi connectivity index (χ1v) is 8.52. The van der Waals surface area contributed by atoms with Crippen LogP contribution in [0.25, 0.3) is 21.3 Å². The van der Waals surface area contributed by atoms with Gasteiger partial charge in [-0.2, -0.15) is 0 Å². The molecule has 0 spiro atoms. The van der Waals surface area contributed by atoms with Crippen molar-refractivity contribution in [3.63, 3.8) is 0 Å². The highest BCUT2D eigenvalue weighted by molar-refractivity contribution is 9.10. The molecule has 0 N–H and O–H groups in total. The number of rotatable bonds is 3. The van der Waals surface area contributed by atoms with Gasteiger partial charge >= 0.3 is 5.97 Å². The largest absolute Gasteiger partial charge is 0.467 e. The van der Waals surface area contributed by atoms with Crippen LogP contribution >= 0.6 is 27.3 Å². The van der Waals surface area contributed by atoms with Crippen LogP contribution in [-0.4, -0.2) is 22.6 Å². The van der Waals surface area contributed by atoms with Crippen molar-refractivity contribution in [1.29, 1.82) is 0 Å². The average Bonchev–Trinajstić information content (AvgIpc) is 2.99. The van der Waals surface area contributed by atoms with Crippen LogP contribution in [0.3, 0.4) is 0 Å². The maximum absolute atomic E-state index is 12.8. The van der Waals surface area contributed by atoms with E-state index in [1.807, 2.05) is 29.6 Å². The number of nitrogens with zero attached hydrogens (tertiary/aromatic N) is 2. The van der Waals surface area contributed by atoms with E-state index in [9.17, 15) is 9.59 Å². The maximum atomic E-state index is 12.8. The van der Waals surface area contributed by atoms with Gasteiger partial charge in [-0.05, 0) is 24.6 Å². The molecule has 0 fully saturated rings. The Morgan fingerprint density at radius 2 is 2.04 bits per heavy atom. The predicted octanol–water partition coefficient (Wildman–Crippen LogP) is 3.62. The van der Waals surface area contributed by atoms with Crippen molar-refractivity contribution in [1.82, 2.24) is 9.55 Å². The number of ether oxygens (including phenoxy) is 1. The van der Waals surface area contributed by atoms with Crippen molar-refractivity contribution >= 4 is 43.5 Å². The summed E-state index contributed by atoms with van der Waals surface area (Å²) in [6.45, 7) is 1.62. The molecule has 0 unspecified atom stereocenters. The minimum atomic E-state index is -0.720. The lowest BCUT2D eigenvalue weighted by Crippen LogP contribution is -2.29. The van der Waals surface area contributed by atoms with Crippen LogP contribution in [0.15, 0.2) is 45.2 Å². The number of esters is 1. The topological polar surface area (TPSA) is 61.2 Å². The summed E-state index contributed by atoms with van der Waals surface area (Å²) in [4.78, 5) is 29.5. The number of carbonyl (C=O) groups excluding carboxylic acids is 1. The maximum Gasteiger partial charge on any atom is 0.328 e. The summed E-state index contributed by atoms with van der Waals surface area (Å²) in [6, 6.07) is 7.00. The van der Waals surface area contributed by atoms with Gasteiger partial charge < -0.3 is 4.74 Å². The fraction of sp³-hybridized carbons (Fsp3) is 0.188. The molecule has 23 heavy (non-hydrogen) atoms. The highest BCUT2D eigenvalue weighted by Crippen LogP contribution is 2.31. The second-order valence-corrected chi connectivity index (χ2v) is 6.77. The standard InChI is InChI=1S/C16H13BrN2O3S/c1-9(16(21)22-2)19-8-18-14-13(15(19)20)12(7-23-14)10-3-5-11(17)6-4-10/h3-9H,1-2H3/t9-/m0/s1. The summed E-state index contributed by atoms with van der Waals surface area (Å²) in [7, 11) is 1.30. The molecule has 2 aromatic heterocycles. The predicted molar refractivity (Wildman–Crippen MR) is 93.7 cm³/mol. The second kappa shape index (κ2) is 6.25. The molecule has 5 nitrogen and oxygen atoms in total. The highest BCUT2D eigenvalue weighted by atomic mass is 79.9. The number of fused-ring (bicyclic) bond motifs is 1. The van der Waals surface area contributed by atoms with Crippen molar-refractivity contribution < 1.29 is 9.53 Å². The Bertz CT molecular complexity index is 931. The monoisotopic (exact) mass is 392 g/mol. The van der Waals surface area contributed by atoms with Crippen LogP contribution in [0.1, 0.15) is 13.0 Å². The molecule has 1 atom stereocenters. The molecule has 118 valence electrons. The van der Waals surface area contributed by atoms with E-state index in [-0.39, 0.29) is 5.56 Å². The van der Waals surface area contributed by atoms with Crippen LogP contribution in [0.4, 0.5) is 0 Å². The van der Waals surface area contributed by atoms with Crippen molar-refractivity contribution in [3.8, 4) is 11.1 Å². The summed E-state index contributed by atoms with van der Waals surface area (Å²) < 4.78 is 6.99. The zero-order chi connectivity index (χ0) is 16.6. The van der Waals surface area contributed by atoms with Gasteiger partial charge in [-0.25, -0.2) is 9.78 Å². The summed E-state index contributed by atoms with van der Waals surface area (Å²) in [5.41, 5.74) is 1.51. The number of carbonyl (C=O) groups is 1. The van der Waals surface area contributed by atoms with E-state index in [2.05, 4.69) is 20.9 Å². The van der Waals surface area contributed by atoms with E-state index in [4.69, 9.17) is 4.74 Å². The number of benzene rings is 1. The van der Waals surface area contributed by atoms with Gasteiger partial charge in [-0.1, -0.05) is 28.1 Å². The van der Waals surface area contributed by atoms with Crippen molar-refractivity contribution in [2.45, 2.75) is 13.0 Å². The van der Waals surface area contributed by atoms with Gasteiger partial charge in [0.1, 0.15) is 10.9 Å². The first kappa shape index (κ1) is 15.9. The molecular formula is C16H13BrN2O3S. The molecule has 0 saturated carbocycles. The number of hydrogen-bond donors (Lipinski definition) is 0. The third-order valence-corrected chi connectivity index (χ3v) is 5.05. The quantitative estimate of drug-likeness (QED) is 0.638. The van der Waals surface area contributed by atoms with E-state index in [0.717, 1.165) is 15.6 Å². The Morgan fingerprint density at radius 1 is 1.35 bits per heavy atom. The number of aromatic nitrogens is 2. The molecule has 0 aliphatic heterocycles. The highest BCUT2D eigenvalue weighted by Gasteiger charge is 2.20. The molecule has 0 bridgehead atoms. The minimum absolute atomic E-state index is 0.243. The third kappa shape index (κ3) is 2.82. The van der Waals surface area contributed by atoms with Gasteiger partial charge in [0.15, 0.2) is 0 Å². The van der Waals surface area contributed by atoms with E-state index in [0.29, 0.717) is 10.2 Å². The van der Waals surface area contributed by atoms with Crippen LogP contribution in [0.2, 0.25) is 0 Å². The number of thiophene rings is 1. The zero-order valence-corrected chi connectivity index (χ0v) is 14.8. The number of hydrogen-bond acceptors (Lipinski definition) is 5. The summed E-state index contributed by atoms with van der Waals surface area (Å²) in [5, 5.41) is 2.44. The van der Waals surface area contributed by atoms with Gasteiger partial charge in [0.2, 0.25) is 0 Å². The molecule has 0 radical (unpaired) electrons. The second-order valence-electron chi connectivity index (χ2n) is 4.99. The number of halogens is 1. The lowest BCUT2D eigenvalue weighted by atomic mass is 10.1. The van der Waals surface area contributed by atoms with E-state index in [1.54, 1.807) is 6.92 Å². The summed E-state index contributed by atoms with van der Waals surface area (Å²) >= 11 is 4.81. The Labute approximate surface area is 144 Å². The van der Waals surface area contributed by atoms with Gasteiger partial charge in [0.25, 0.3) is 5.56 Å². The Hall–Kier alpha value is -1.99. The molecule has 1 aromatic carbocycles. The SMILES string of the molecule is COC(=O)[C@H](C)n1cnc2scc(-c3ccc(Br)cc3)c2c1=O. The fourth-order valence-electron chi connectivity index (χ4n) is 2.35. The van der Waals surface area contributed by atoms with Gasteiger partial charge in [0.05, 0.1) is 18.8 Å². The first-order chi connectivity index (χ1) is 11.0. The van der Waals surface area contributed by atoms with Crippen molar-refractivity contribution in [3.05, 3.63) is 50.8 Å². The van der Waals surface area contributed by atoms with Crippen LogP contribution in [0.5, 0.6) is 0 Å². The lowest BCUT2D eigenvalue weighted by molar-refractivity contribution is -0.144. The molecular weight excluding hydrogens is 380 g/mol. The van der Waals surface area contributed by atoms with Crippen LogP contribution < -0.4 is 5.56 Å². The van der Waals surface area contributed by atoms with Crippen molar-refractivity contribution in [2.75, 3.05) is 7.11 Å². The minimum Gasteiger partial charge on any atom is -0.467 e. The Balaban J connectivity index is 2.20. The molecule has 0 amide bonds. The molecule has 2 heterocycles. The van der Waals surface area contributed by atoms with Crippen LogP contribution in [0, 0.1) is 0 Å². The molecule has 7 heteroatoms. The Morgan fingerprint density at radius 3 is 2.70 bits per heavy atom. The molecule has 3 aromatic rings. The van der Waals surface area contributed by atoms with Gasteiger partial charge in [0, 0.05) is 15.4 Å². The smallest absolute Gasteiger partial charge is 0.328 e. The van der Waals surface area contributed by atoms with E-state index in [1.165, 1.54) is 29.3 Å². The van der Waals surface area contributed by atoms with Crippen LogP contribution in [-0.2, 0) is 9.53 Å². The summed E-state index contributed by atoms with van der Waals surface area (Å²) in [6.07, 6.45) is 1.40. The van der Waals surface area contributed by atoms with Crippen molar-refractivity contribution in [2.24, 2.45) is 0 Å². The normalized spacial score (nSPS) is 12.3.